The van der Waals surface area contributed by atoms with Gasteiger partial charge in [-0.25, -0.2) is 5.43 Å². The predicted octanol–water partition coefficient (Wildman–Crippen LogP) is 3.29. The quantitative estimate of drug-likeness (QED) is 0.656. The summed E-state index contributed by atoms with van der Waals surface area (Å²) >= 11 is 5.97. The van der Waals surface area contributed by atoms with Crippen molar-refractivity contribution in [2.45, 2.75) is 20.0 Å². The van der Waals surface area contributed by atoms with E-state index in [0.717, 1.165) is 11.1 Å². The van der Waals surface area contributed by atoms with Crippen molar-refractivity contribution >= 4 is 23.7 Å². The molecule has 2 aromatic rings. The SMILES string of the molecule is Cc1cc(O[C@@H](C)C(=O)N/N=C\c2ccc3c(c2)OCO3)ccc1Cl. The Morgan fingerprint density at radius 2 is 2.08 bits per heavy atom. The van der Waals surface area contributed by atoms with Gasteiger partial charge in [0.15, 0.2) is 17.6 Å². The molecule has 0 bridgehead atoms. The van der Waals surface area contributed by atoms with Crippen LogP contribution in [0.15, 0.2) is 41.5 Å². The number of fused-ring (bicyclic) bond motifs is 1. The van der Waals surface area contributed by atoms with E-state index < -0.39 is 6.10 Å². The van der Waals surface area contributed by atoms with Crippen LogP contribution in [0.1, 0.15) is 18.1 Å². The fourth-order valence-electron chi connectivity index (χ4n) is 2.20. The molecule has 0 fully saturated rings. The number of ether oxygens (including phenoxy) is 3. The molecule has 1 aliphatic rings. The van der Waals surface area contributed by atoms with Crippen molar-refractivity contribution in [2.75, 3.05) is 6.79 Å². The van der Waals surface area contributed by atoms with Gasteiger partial charge in [0.1, 0.15) is 5.75 Å². The van der Waals surface area contributed by atoms with E-state index in [9.17, 15) is 4.79 Å². The highest BCUT2D eigenvalue weighted by Crippen LogP contribution is 2.31. The molecule has 1 N–H and O–H groups in total. The lowest BCUT2D eigenvalue weighted by Gasteiger charge is -2.13. The second-order valence-corrected chi connectivity index (χ2v) is 5.93. The van der Waals surface area contributed by atoms with E-state index in [-0.39, 0.29) is 12.7 Å². The number of hydrogen-bond donors (Lipinski definition) is 1. The van der Waals surface area contributed by atoms with Gasteiger partial charge in [0, 0.05) is 5.02 Å². The van der Waals surface area contributed by atoms with Crippen LogP contribution in [-0.4, -0.2) is 25.0 Å². The minimum atomic E-state index is -0.700. The van der Waals surface area contributed by atoms with Crippen molar-refractivity contribution < 1.29 is 19.0 Å². The molecule has 25 heavy (non-hydrogen) atoms. The Labute approximate surface area is 150 Å². The van der Waals surface area contributed by atoms with E-state index in [1.54, 1.807) is 37.3 Å². The molecule has 1 atom stereocenters. The zero-order valence-corrected chi connectivity index (χ0v) is 14.5. The monoisotopic (exact) mass is 360 g/mol. The minimum Gasteiger partial charge on any atom is -0.481 e. The summed E-state index contributed by atoms with van der Waals surface area (Å²) in [5.41, 5.74) is 4.12. The van der Waals surface area contributed by atoms with Crippen LogP contribution in [0, 0.1) is 6.92 Å². The number of hydrogen-bond acceptors (Lipinski definition) is 5. The Balaban J connectivity index is 1.55. The van der Waals surface area contributed by atoms with Gasteiger partial charge in [-0.3, -0.25) is 4.79 Å². The number of carbonyl (C=O) groups is 1. The zero-order chi connectivity index (χ0) is 17.8. The van der Waals surface area contributed by atoms with Crippen LogP contribution in [0.25, 0.3) is 0 Å². The van der Waals surface area contributed by atoms with Crippen LogP contribution in [0.4, 0.5) is 0 Å². The van der Waals surface area contributed by atoms with Crippen LogP contribution >= 0.6 is 11.6 Å². The van der Waals surface area contributed by atoms with E-state index in [2.05, 4.69) is 10.5 Å². The molecular formula is C18H17ClN2O4. The Kier molecular flexibility index (Phi) is 5.09. The summed E-state index contributed by atoms with van der Waals surface area (Å²) < 4.78 is 16.1. The maximum absolute atomic E-state index is 12.1. The molecule has 6 nitrogen and oxygen atoms in total. The van der Waals surface area contributed by atoms with Crippen molar-refractivity contribution in [1.29, 1.82) is 0 Å². The highest BCUT2D eigenvalue weighted by atomic mass is 35.5. The predicted molar refractivity (Wildman–Crippen MR) is 94.6 cm³/mol. The molecule has 0 saturated heterocycles. The van der Waals surface area contributed by atoms with Gasteiger partial charge in [-0.15, -0.1) is 0 Å². The number of aryl methyl sites for hydroxylation is 1. The topological polar surface area (TPSA) is 69.2 Å². The molecule has 0 radical (unpaired) electrons. The van der Waals surface area contributed by atoms with E-state index in [0.29, 0.717) is 22.3 Å². The summed E-state index contributed by atoms with van der Waals surface area (Å²) in [5, 5.41) is 4.59. The van der Waals surface area contributed by atoms with Crippen molar-refractivity contribution in [3.63, 3.8) is 0 Å². The summed E-state index contributed by atoms with van der Waals surface area (Å²) in [5.74, 6) is 1.57. The van der Waals surface area contributed by atoms with Gasteiger partial charge in [-0.1, -0.05) is 11.6 Å². The second kappa shape index (κ2) is 7.44. The lowest BCUT2D eigenvalue weighted by molar-refractivity contribution is -0.127. The highest BCUT2D eigenvalue weighted by molar-refractivity contribution is 6.31. The number of nitrogens with zero attached hydrogens (tertiary/aromatic N) is 1. The fraction of sp³-hybridized carbons (Fsp3) is 0.222. The third-order valence-electron chi connectivity index (χ3n) is 3.60. The van der Waals surface area contributed by atoms with Crippen molar-refractivity contribution in [1.82, 2.24) is 5.43 Å². The van der Waals surface area contributed by atoms with Gasteiger partial charge < -0.3 is 14.2 Å². The maximum Gasteiger partial charge on any atom is 0.280 e. The summed E-state index contributed by atoms with van der Waals surface area (Å²) in [7, 11) is 0. The molecule has 0 aliphatic carbocycles. The first-order valence-electron chi connectivity index (χ1n) is 7.68. The molecule has 1 heterocycles. The number of nitrogens with one attached hydrogen (secondary N) is 1. The number of rotatable bonds is 5. The zero-order valence-electron chi connectivity index (χ0n) is 13.8. The lowest BCUT2D eigenvalue weighted by Crippen LogP contribution is -2.33. The molecule has 0 aromatic heterocycles. The normalized spacial score (nSPS) is 13.7. The van der Waals surface area contributed by atoms with Crippen LogP contribution in [0.2, 0.25) is 5.02 Å². The smallest absolute Gasteiger partial charge is 0.280 e. The molecule has 0 saturated carbocycles. The highest BCUT2D eigenvalue weighted by Gasteiger charge is 2.15. The van der Waals surface area contributed by atoms with Crippen LogP contribution < -0.4 is 19.6 Å². The van der Waals surface area contributed by atoms with Crippen LogP contribution in [-0.2, 0) is 4.79 Å². The first kappa shape index (κ1) is 17.1. The van der Waals surface area contributed by atoms with Crippen LogP contribution in [0.3, 0.4) is 0 Å². The van der Waals surface area contributed by atoms with Gasteiger partial charge in [0.05, 0.1) is 6.21 Å². The largest absolute Gasteiger partial charge is 0.481 e. The molecule has 1 amide bonds. The van der Waals surface area contributed by atoms with Crippen LogP contribution in [0.5, 0.6) is 17.2 Å². The molecular weight excluding hydrogens is 344 g/mol. The summed E-state index contributed by atoms with van der Waals surface area (Å²) in [6, 6.07) is 10.6. The second-order valence-electron chi connectivity index (χ2n) is 5.52. The number of carbonyl (C=O) groups excluding carboxylic acids is 1. The van der Waals surface area contributed by atoms with Gasteiger partial charge in [-0.2, -0.15) is 5.10 Å². The molecule has 2 aromatic carbocycles. The third-order valence-corrected chi connectivity index (χ3v) is 4.02. The molecule has 3 rings (SSSR count). The summed E-state index contributed by atoms with van der Waals surface area (Å²) in [6.45, 7) is 3.73. The Morgan fingerprint density at radius 3 is 2.88 bits per heavy atom. The summed E-state index contributed by atoms with van der Waals surface area (Å²) in [4.78, 5) is 12.1. The maximum atomic E-state index is 12.1. The number of hydrazone groups is 1. The van der Waals surface area contributed by atoms with Gasteiger partial charge in [0.25, 0.3) is 5.91 Å². The van der Waals surface area contributed by atoms with Crippen molar-refractivity contribution in [2.24, 2.45) is 5.10 Å². The average molecular weight is 361 g/mol. The molecule has 1 aliphatic heterocycles. The van der Waals surface area contributed by atoms with E-state index in [1.165, 1.54) is 6.21 Å². The Morgan fingerprint density at radius 1 is 1.28 bits per heavy atom. The lowest BCUT2D eigenvalue weighted by atomic mass is 10.2. The minimum absolute atomic E-state index is 0.214. The van der Waals surface area contributed by atoms with Gasteiger partial charge in [0.2, 0.25) is 6.79 Å². The Bertz CT molecular complexity index is 823. The van der Waals surface area contributed by atoms with Crippen molar-refractivity contribution in [3.8, 4) is 17.2 Å². The standard InChI is InChI=1S/C18H17ClN2O4/c1-11-7-14(4-5-15(11)19)25-12(2)18(22)21-20-9-13-3-6-16-17(8-13)24-10-23-16/h3-9,12H,10H2,1-2H3,(H,21,22)/b20-9-/t12-/m0/s1. The number of benzene rings is 2. The van der Waals surface area contributed by atoms with Crippen molar-refractivity contribution in [3.05, 3.63) is 52.5 Å². The molecule has 0 unspecified atom stereocenters. The van der Waals surface area contributed by atoms with E-state index in [1.807, 2.05) is 13.0 Å². The Hall–Kier alpha value is -2.73. The third kappa shape index (κ3) is 4.22. The molecule has 7 heteroatoms. The first-order chi connectivity index (χ1) is 12.0. The summed E-state index contributed by atoms with van der Waals surface area (Å²) in [6.07, 6.45) is 0.827. The molecule has 130 valence electrons. The fourth-order valence-corrected chi connectivity index (χ4v) is 2.32. The van der Waals surface area contributed by atoms with Gasteiger partial charge in [-0.05, 0) is 61.4 Å². The van der Waals surface area contributed by atoms with Gasteiger partial charge >= 0.3 is 0 Å². The van der Waals surface area contributed by atoms with E-state index >= 15 is 0 Å². The molecule has 0 spiro atoms. The number of amides is 1. The number of halogens is 1. The van der Waals surface area contributed by atoms with E-state index in [4.69, 9.17) is 25.8 Å². The average Bonchev–Trinajstić information content (AvgIpc) is 3.05. The first-order valence-corrected chi connectivity index (χ1v) is 8.06.